The van der Waals surface area contributed by atoms with Crippen molar-refractivity contribution in [2.24, 2.45) is 0 Å². The minimum absolute atomic E-state index is 0.149. The molecule has 1 aliphatic heterocycles. The molecule has 0 N–H and O–H groups in total. The lowest BCUT2D eigenvalue weighted by atomic mass is 9.97. The first-order chi connectivity index (χ1) is 18.1. The van der Waals surface area contributed by atoms with Crippen molar-refractivity contribution in [3.05, 3.63) is 88.8 Å². The van der Waals surface area contributed by atoms with E-state index >= 15 is 0 Å². The molecule has 5 rings (SSSR count). The summed E-state index contributed by atoms with van der Waals surface area (Å²) >= 11 is 0. The molecule has 0 radical (unpaired) electrons. The van der Waals surface area contributed by atoms with Gasteiger partial charge in [0.1, 0.15) is 23.3 Å². The second-order valence-corrected chi connectivity index (χ2v) is 9.10. The van der Waals surface area contributed by atoms with E-state index in [-0.39, 0.29) is 5.56 Å². The number of anilines is 1. The van der Waals surface area contributed by atoms with Gasteiger partial charge in [-0.15, -0.1) is 0 Å². The van der Waals surface area contributed by atoms with Crippen LogP contribution in [0.15, 0.2) is 77.6 Å². The van der Waals surface area contributed by atoms with Crippen LogP contribution in [0.1, 0.15) is 5.69 Å². The first-order valence-corrected chi connectivity index (χ1v) is 12.4. The Kier molecular flexibility index (Phi) is 7.11. The van der Waals surface area contributed by atoms with E-state index in [1.807, 2.05) is 48.5 Å². The van der Waals surface area contributed by atoms with Gasteiger partial charge in [0.25, 0.3) is 5.56 Å². The van der Waals surface area contributed by atoms with Crippen LogP contribution < -0.4 is 19.9 Å². The largest absolute Gasteiger partial charge is 0.497 e. The monoisotopic (exact) mass is 494 g/mol. The highest BCUT2D eigenvalue weighted by atomic mass is 16.5. The molecular weight excluding hydrogens is 464 g/mol. The van der Waals surface area contributed by atoms with E-state index in [1.165, 1.54) is 0 Å². The molecule has 0 atom stereocenters. The van der Waals surface area contributed by atoms with Crippen molar-refractivity contribution >= 4 is 16.5 Å². The maximum atomic E-state index is 13.6. The van der Waals surface area contributed by atoms with Crippen molar-refractivity contribution in [3.63, 3.8) is 0 Å². The SMILES string of the molecule is COc1cccc(N2CCN(CCn3c(C#N)c(-c4ccccc4)c4cc(OC)ccc4c3=O)CC2)c1. The second-order valence-electron chi connectivity index (χ2n) is 9.10. The Morgan fingerprint density at radius 3 is 2.24 bits per heavy atom. The molecule has 4 aromatic rings. The molecule has 0 bridgehead atoms. The van der Waals surface area contributed by atoms with E-state index in [2.05, 4.69) is 28.0 Å². The fourth-order valence-corrected chi connectivity index (χ4v) is 5.06. The third-order valence-electron chi connectivity index (χ3n) is 7.08. The quantitative estimate of drug-likeness (QED) is 0.380. The molecule has 1 fully saturated rings. The summed E-state index contributed by atoms with van der Waals surface area (Å²) < 4.78 is 12.4. The van der Waals surface area contributed by atoms with Gasteiger partial charge >= 0.3 is 0 Å². The van der Waals surface area contributed by atoms with E-state index < -0.39 is 0 Å². The number of rotatable bonds is 7. The molecule has 0 unspecified atom stereocenters. The van der Waals surface area contributed by atoms with Crippen LogP contribution in [0.4, 0.5) is 5.69 Å². The number of nitrogens with zero attached hydrogens (tertiary/aromatic N) is 4. The van der Waals surface area contributed by atoms with E-state index in [1.54, 1.807) is 30.9 Å². The van der Waals surface area contributed by atoms with Gasteiger partial charge in [-0.25, -0.2) is 0 Å². The second kappa shape index (κ2) is 10.8. The lowest BCUT2D eigenvalue weighted by Gasteiger charge is -2.36. The van der Waals surface area contributed by atoms with Crippen molar-refractivity contribution < 1.29 is 9.47 Å². The van der Waals surface area contributed by atoms with E-state index in [9.17, 15) is 10.1 Å². The molecule has 0 amide bonds. The summed E-state index contributed by atoms with van der Waals surface area (Å²) in [6.45, 7) is 4.67. The number of piperazine rings is 1. The number of aromatic nitrogens is 1. The molecule has 188 valence electrons. The predicted octanol–water partition coefficient (Wildman–Crippen LogP) is 4.38. The number of pyridine rings is 1. The van der Waals surface area contributed by atoms with Crippen molar-refractivity contribution in [2.45, 2.75) is 6.54 Å². The molecule has 1 aromatic heterocycles. The number of benzene rings is 3. The van der Waals surface area contributed by atoms with Crippen LogP contribution in [0.3, 0.4) is 0 Å². The summed E-state index contributed by atoms with van der Waals surface area (Å²) in [6.07, 6.45) is 0. The van der Waals surface area contributed by atoms with Gasteiger partial charge in [-0.2, -0.15) is 5.26 Å². The maximum absolute atomic E-state index is 13.6. The fraction of sp³-hybridized carbons (Fsp3) is 0.267. The molecule has 0 aliphatic carbocycles. The Balaban J connectivity index is 1.42. The number of hydrogen-bond donors (Lipinski definition) is 0. The average Bonchev–Trinajstić information content (AvgIpc) is 2.96. The highest BCUT2D eigenvalue weighted by Gasteiger charge is 2.21. The molecule has 0 spiro atoms. The Bertz CT molecular complexity index is 1500. The Hall–Kier alpha value is -4.28. The van der Waals surface area contributed by atoms with E-state index in [0.29, 0.717) is 29.9 Å². The minimum atomic E-state index is -0.149. The summed E-state index contributed by atoms with van der Waals surface area (Å²) in [5, 5.41) is 11.6. The van der Waals surface area contributed by atoms with Crippen LogP contribution in [-0.2, 0) is 6.54 Å². The van der Waals surface area contributed by atoms with Gasteiger partial charge in [0, 0.05) is 67.4 Å². The normalized spacial score (nSPS) is 13.9. The van der Waals surface area contributed by atoms with Gasteiger partial charge < -0.3 is 14.4 Å². The predicted molar refractivity (Wildman–Crippen MR) is 147 cm³/mol. The van der Waals surface area contributed by atoms with Crippen molar-refractivity contribution in [3.8, 4) is 28.7 Å². The van der Waals surface area contributed by atoms with Crippen LogP contribution in [0.5, 0.6) is 11.5 Å². The molecule has 1 aliphatic rings. The maximum Gasteiger partial charge on any atom is 0.259 e. The number of hydrogen-bond acceptors (Lipinski definition) is 6. The Labute approximate surface area is 216 Å². The van der Waals surface area contributed by atoms with E-state index in [0.717, 1.165) is 54.1 Å². The van der Waals surface area contributed by atoms with Gasteiger partial charge in [0.15, 0.2) is 0 Å². The first-order valence-electron chi connectivity index (χ1n) is 12.4. The smallest absolute Gasteiger partial charge is 0.259 e. The number of methoxy groups -OCH3 is 2. The number of ether oxygens (including phenoxy) is 2. The molecule has 2 heterocycles. The zero-order valence-corrected chi connectivity index (χ0v) is 21.2. The highest BCUT2D eigenvalue weighted by Crippen LogP contribution is 2.32. The van der Waals surface area contributed by atoms with E-state index in [4.69, 9.17) is 9.47 Å². The zero-order valence-electron chi connectivity index (χ0n) is 21.2. The molecule has 7 nitrogen and oxygen atoms in total. The first kappa shape index (κ1) is 24.4. The third kappa shape index (κ3) is 4.89. The van der Waals surface area contributed by atoms with Gasteiger partial charge in [-0.1, -0.05) is 36.4 Å². The third-order valence-corrected chi connectivity index (χ3v) is 7.08. The van der Waals surface area contributed by atoms with Crippen molar-refractivity contribution in [1.82, 2.24) is 9.47 Å². The molecule has 7 heteroatoms. The molecular formula is C30H30N4O3. The van der Waals surface area contributed by atoms with Crippen LogP contribution in [0.2, 0.25) is 0 Å². The minimum Gasteiger partial charge on any atom is -0.497 e. The van der Waals surface area contributed by atoms with Crippen LogP contribution >= 0.6 is 0 Å². The van der Waals surface area contributed by atoms with Crippen LogP contribution in [0, 0.1) is 11.3 Å². The summed E-state index contributed by atoms with van der Waals surface area (Å²) in [6, 6.07) is 25.7. The number of fused-ring (bicyclic) bond motifs is 1. The fourth-order valence-electron chi connectivity index (χ4n) is 5.06. The Morgan fingerprint density at radius 1 is 0.811 bits per heavy atom. The summed E-state index contributed by atoms with van der Waals surface area (Å²) in [4.78, 5) is 18.3. The number of nitriles is 1. The molecule has 1 saturated heterocycles. The summed E-state index contributed by atoms with van der Waals surface area (Å²) in [7, 11) is 3.28. The van der Waals surface area contributed by atoms with Gasteiger partial charge in [-0.3, -0.25) is 14.3 Å². The van der Waals surface area contributed by atoms with Crippen LogP contribution in [-0.4, -0.2) is 56.4 Å². The topological polar surface area (TPSA) is 70.7 Å². The lowest BCUT2D eigenvalue weighted by molar-refractivity contribution is 0.247. The summed E-state index contributed by atoms with van der Waals surface area (Å²) in [5.41, 5.74) is 3.05. The van der Waals surface area contributed by atoms with Crippen LogP contribution in [0.25, 0.3) is 21.9 Å². The molecule has 37 heavy (non-hydrogen) atoms. The molecule has 0 saturated carbocycles. The van der Waals surface area contributed by atoms with Gasteiger partial charge in [-0.05, 0) is 35.9 Å². The standard InChI is InChI=1S/C30H30N4O3/c1-36-24-10-6-9-23(19-24)33-16-13-32(14-17-33)15-18-34-28(21-31)29(22-7-4-3-5-8-22)27-20-25(37-2)11-12-26(27)30(34)35/h3-12,19-20H,13-18H2,1-2H3. The van der Waals surface area contributed by atoms with Gasteiger partial charge in [0.2, 0.25) is 0 Å². The lowest BCUT2D eigenvalue weighted by Crippen LogP contribution is -2.47. The van der Waals surface area contributed by atoms with Crippen molar-refractivity contribution in [1.29, 1.82) is 5.26 Å². The molecule has 3 aromatic carbocycles. The zero-order chi connectivity index (χ0) is 25.8. The Morgan fingerprint density at radius 2 is 1.54 bits per heavy atom. The van der Waals surface area contributed by atoms with Gasteiger partial charge in [0.05, 0.1) is 14.2 Å². The average molecular weight is 495 g/mol. The van der Waals surface area contributed by atoms with Crippen molar-refractivity contribution in [2.75, 3.05) is 51.8 Å². The summed E-state index contributed by atoms with van der Waals surface area (Å²) in [5.74, 6) is 1.51. The highest BCUT2D eigenvalue weighted by molar-refractivity contribution is 5.99.